The number of hydrogen-bond donors (Lipinski definition) is 1. The van der Waals surface area contributed by atoms with Crippen LogP contribution in [0, 0.1) is 0 Å². The molecule has 98 valence electrons. The Hall–Kier alpha value is -1.80. The van der Waals surface area contributed by atoms with Gasteiger partial charge in [-0.1, -0.05) is 60.7 Å². The Labute approximate surface area is 118 Å². The van der Waals surface area contributed by atoms with Gasteiger partial charge in [-0.15, -0.1) is 11.6 Å². The highest BCUT2D eigenvalue weighted by atomic mass is 35.5. The van der Waals surface area contributed by atoms with E-state index in [1.165, 1.54) is 0 Å². The number of benzene rings is 2. The third kappa shape index (κ3) is 4.42. The fraction of sp³-hybridized carbons (Fsp3) is 0.188. The highest BCUT2D eigenvalue weighted by molar-refractivity contribution is 6.30. The van der Waals surface area contributed by atoms with E-state index in [1.54, 1.807) is 0 Å². The van der Waals surface area contributed by atoms with Gasteiger partial charge in [0, 0.05) is 6.54 Å². The van der Waals surface area contributed by atoms with Gasteiger partial charge in [0.15, 0.2) is 0 Å². The maximum atomic E-state index is 11.9. The number of carbonyl (C=O) groups is 1. The predicted octanol–water partition coefficient (Wildman–Crippen LogP) is 3.15. The lowest BCUT2D eigenvalue weighted by Crippen LogP contribution is -2.32. The van der Waals surface area contributed by atoms with E-state index in [-0.39, 0.29) is 5.91 Å². The summed E-state index contributed by atoms with van der Waals surface area (Å²) in [5, 5.41) is 2.31. The largest absolute Gasteiger partial charge is 0.351 e. The van der Waals surface area contributed by atoms with Crippen LogP contribution in [0.3, 0.4) is 0 Å². The summed E-state index contributed by atoms with van der Waals surface area (Å²) in [5.74, 6) is -0.130. The van der Waals surface area contributed by atoms with E-state index in [0.29, 0.717) is 13.0 Å². The fourth-order valence-electron chi connectivity index (χ4n) is 1.81. The molecule has 0 saturated heterocycles. The van der Waals surface area contributed by atoms with Crippen LogP contribution in [0.15, 0.2) is 60.7 Å². The van der Waals surface area contributed by atoms with Crippen molar-refractivity contribution >= 4 is 17.5 Å². The van der Waals surface area contributed by atoms with Crippen LogP contribution in [0.5, 0.6) is 0 Å². The van der Waals surface area contributed by atoms with Crippen LogP contribution in [0.2, 0.25) is 0 Å². The molecule has 2 nitrogen and oxygen atoms in total. The Morgan fingerprint density at radius 1 is 0.947 bits per heavy atom. The number of carbonyl (C=O) groups excluding carboxylic acids is 1. The molecule has 0 aromatic heterocycles. The molecule has 0 aliphatic rings. The molecule has 0 spiro atoms. The second kappa shape index (κ2) is 6.95. The molecule has 0 aliphatic carbocycles. The van der Waals surface area contributed by atoms with Crippen molar-refractivity contribution in [1.82, 2.24) is 5.32 Å². The van der Waals surface area contributed by atoms with Crippen LogP contribution in [-0.4, -0.2) is 11.3 Å². The van der Waals surface area contributed by atoms with E-state index < -0.39 is 5.38 Å². The maximum Gasteiger partial charge on any atom is 0.238 e. The summed E-state index contributed by atoms with van der Waals surface area (Å²) >= 11 is 6.12. The smallest absolute Gasteiger partial charge is 0.238 e. The van der Waals surface area contributed by atoms with Gasteiger partial charge < -0.3 is 5.32 Å². The normalized spacial score (nSPS) is 11.8. The van der Waals surface area contributed by atoms with E-state index in [1.807, 2.05) is 60.7 Å². The molecular formula is C16H16ClNO. The van der Waals surface area contributed by atoms with Crippen molar-refractivity contribution in [3.8, 4) is 0 Å². The molecular weight excluding hydrogens is 258 g/mol. The Kier molecular flexibility index (Phi) is 4.99. The molecule has 0 heterocycles. The van der Waals surface area contributed by atoms with E-state index in [2.05, 4.69) is 5.32 Å². The van der Waals surface area contributed by atoms with Gasteiger partial charge in [-0.25, -0.2) is 0 Å². The van der Waals surface area contributed by atoms with Crippen molar-refractivity contribution in [1.29, 1.82) is 0 Å². The number of rotatable bonds is 5. The van der Waals surface area contributed by atoms with E-state index >= 15 is 0 Å². The van der Waals surface area contributed by atoms with Gasteiger partial charge in [-0.05, 0) is 17.5 Å². The van der Waals surface area contributed by atoms with E-state index in [4.69, 9.17) is 11.6 Å². The zero-order chi connectivity index (χ0) is 13.5. The lowest BCUT2D eigenvalue weighted by molar-refractivity contribution is -0.120. The van der Waals surface area contributed by atoms with Crippen molar-refractivity contribution in [3.05, 3.63) is 71.8 Å². The number of nitrogens with one attached hydrogen (secondary N) is 1. The standard InChI is InChI=1S/C16H16ClNO/c17-15(11-13-7-3-1-4-8-13)16(19)18-12-14-9-5-2-6-10-14/h1-10,15H,11-12H2,(H,18,19). The first-order valence-corrected chi connectivity index (χ1v) is 6.69. The van der Waals surface area contributed by atoms with Crippen LogP contribution >= 0.6 is 11.6 Å². The third-order valence-corrected chi connectivity index (χ3v) is 3.20. The molecule has 0 saturated carbocycles. The zero-order valence-electron chi connectivity index (χ0n) is 10.6. The topological polar surface area (TPSA) is 29.1 Å². The van der Waals surface area contributed by atoms with Crippen molar-refractivity contribution in [2.75, 3.05) is 0 Å². The lowest BCUT2D eigenvalue weighted by Gasteiger charge is -2.10. The monoisotopic (exact) mass is 273 g/mol. The summed E-state index contributed by atoms with van der Waals surface area (Å²) in [7, 11) is 0. The van der Waals surface area contributed by atoms with Gasteiger partial charge in [0.25, 0.3) is 0 Å². The molecule has 2 aromatic rings. The summed E-state index contributed by atoms with van der Waals surface area (Å²) in [5.41, 5.74) is 2.14. The first-order valence-electron chi connectivity index (χ1n) is 6.25. The molecule has 19 heavy (non-hydrogen) atoms. The van der Waals surface area contributed by atoms with Crippen molar-refractivity contribution < 1.29 is 4.79 Å². The molecule has 0 radical (unpaired) electrons. The van der Waals surface area contributed by atoms with E-state index in [9.17, 15) is 4.79 Å². The summed E-state index contributed by atoms with van der Waals surface area (Å²) in [6, 6.07) is 19.6. The highest BCUT2D eigenvalue weighted by Crippen LogP contribution is 2.08. The molecule has 1 unspecified atom stereocenters. The van der Waals surface area contributed by atoms with Crippen LogP contribution in [-0.2, 0) is 17.8 Å². The Balaban J connectivity index is 1.83. The van der Waals surface area contributed by atoms with Gasteiger partial charge in [-0.3, -0.25) is 4.79 Å². The van der Waals surface area contributed by atoms with Crippen LogP contribution in [0.1, 0.15) is 11.1 Å². The lowest BCUT2D eigenvalue weighted by atomic mass is 10.1. The number of amides is 1. The minimum atomic E-state index is -0.536. The number of halogens is 1. The Morgan fingerprint density at radius 3 is 2.05 bits per heavy atom. The summed E-state index contributed by atoms with van der Waals surface area (Å²) in [6.45, 7) is 0.512. The second-order valence-corrected chi connectivity index (χ2v) is 4.89. The molecule has 1 atom stereocenters. The number of hydrogen-bond acceptors (Lipinski definition) is 1. The summed E-state index contributed by atoms with van der Waals surface area (Å²) in [4.78, 5) is 11.9. The highest BCUT2D eigenvalue weighted by Gasteiger charge is 2.15. The van der Waals surface area contributed by atoms with Crippen molar-refractivity contribution in [2.24, 2.45) is 0 Å². The van der Waals surface area contributed by atoms with E-state index in [0.717, 1.165) is 11.1 Å². The molecule has 3 heteroatoms. The van der Waals surface area contributed by atoms with Gasteiger partial charge in [0.2, 0.25) is 5.91 Å². The van der Waals surface area contributed by atoms with Crippen LogP contribution in [0.4, 0.5) is 0 Å². The second-order valence-electron chi connectivity index (χ2n) is 4.36. The van der Waals surface area contributed by atoms with Gasteiger partial charge >= 0.3 is 0 Å². The SMILES string of the molecule is O=C(NCc1ccccc1)C(Cl)Cc1ccccc1. The molecule has 1 amide bonds. The van der Waals surface area contributed by atoms with Crippen molar-refractivity contribution in [2.45, 2.75) is 18.3 Å². The zero-order valence-corrected chi connectivity index (χ0v) is 11.3. The first kappa shape index (κ1) is 13.6. The summed E-state index contributed by atoms with van der Waals surface area (Å²) in [6.07, 6.45) is 0.545. The van der Waals surface area contributed by atoms with Gasteiger partial charge in [-0.2, -0.15) is 0 Å². The Bertz CT molecular complexity index is 513. The van der Waals surface area contributed by atoms with Crippen LogP contribution < -0.4 is 5.32 Å². The van der Waals surface area contributed by atoms with Gasteiger partial charge in [0.1, 0.15) is 5.38 Å². The fourth-order valence-corrected chi connectivity index (χ4v) is 2.06. The molecule has 0 aliphatic heterocycles. The van der Waals surface area contributed by atoms with Crippen molar-refractivity contribution in [3.63, 3.8) is 0 Å². The Morgan fingerprint density at radius 2 is 1.47 bits per heavy atom. The quantitative estimate of drug-likeness (QED) is 0.833. The average molecular weight is 274 g/mol. The molecule has 0 bridgehead atoms. The van der Waals surface area contributed by atoms with Gasteiger partial charge in [0.05, 0.1) is 0 Å². The number of alkyl halides is 1. The minimum absolute atomic E-state index is 0.130. The third-order valence-electron chi connectivity index (χ3n) is 2.85. The van der Waals surface area contributed by atoms with Crippen LogP contribution in [0.25, 0.3) is 0 Å². The summed E-state index contributed by atoms with van der Waals surface area (Å²) < 4.78 is 0. The molecule has 2 rings (SSSR count). The first-order chi connectivity index (χ1) is 9.25. The minimum Gasteiger partial charge on any atom is -0.351 e. The molecule has 1 N–H and O–H groups in total. The molecule has 0 fully saturated rings. The predicted molar refractivity (Wildman–Crippen MR) is 78.1 cm³/mol. The molecule has 2 aromatic carbocycles. The average Bonchev–Trinajstić information content (AvgIpc) is 2.47. The maximum absolute atomic E-state index is 11.9.